The normalized spacial score (nSPS) is 12.6. The van der Waals surface area contributed by atoms with Gasteiger partial charge < -0.3 is 4.57 Å². The minimum absolute atomic E-state index is 1.16. The summed E-state index contributed by atoms with van der Waals surface area (Å²) in [6.07, 6.45) is 5.92. The van der Waals surface area contributed by atoms with Crippen LogP contribution in [0.4, 0.5) is 0 Å². The van der Waals surface area contributed by atoms with E-state index in [1.807, 2.05) is 0 Å². The summed E-state index contributed by atoms with van der Waals surface area (Å²) >= 11 is 0. The van der Waals surface area contributed by atoms with Crippen molar-refractivity contribution in [2.75, 3.05) is 0 Å². The summed E-state index contributed by atoms with van der Waals surface area (Å²) in [5.41, 5.74) is 11.9. The number of hydrogen-bond acceptors (Lipinski definition) is 0. The van der Waals surface area contributed by atoms with Crippen LogP contribution < -0.4 is 0 Å². The minimum atomic E-state index is 1.16. The zero-order valence-corrected chi connectivity index (χ0v) is 19.0. The van der Waals surface area contributed by atoms with Gasteiger partial charge in [-0.3, -0.25) is 0 Å². The highest BCUT2D eigenvalue weighted by molar-refractivity contribution is 5.92. The van der Waals surface area contributed by atoms with E-state index in [2.05, 4.69) is 121 Å². The summed E-state index contributed by atoms with van der Waals surface area (Å²) in [6.45, 7) is 2.19. The molecule has 33 heavy (non-hydrogen) atoms. The van der Waals surface area contributed by atoms with Gasteiger partial charge in [-0.25, -0.2) is 0 Å². The fourth-order valence-corrected chi connectivity index (χ4v) is 5.25. The molecule has 0 radical (unpaired) electrons. The molecule has 1 aliphatic carbocycles. The molecule has 0 amide bonds. The Labute approximate surface area is 195 Å². The zero-order chi connectivity index (χ0) is 22.2. The molecule has 1 heteroatoms. The van der Waals surface area contributed by atoms with Crippen molar-refractivity contribution in [3.63, 3.8) is 0 Å². The van der Waals surface area contributed by atoms with E-state index >= 15 is 0 Å². The maximum atomic E-state index is 2.49. The smallest absolute Gasteiger partial charge is 0.0534 e. The summed E-state index contributed by atoms with van der Waals surface area (Å²) in [4.78, 5) is 0. The van der Waals surface area contributed by atoms with E-state index in [1.54, 1.807) is 5.56 Å². The first-order chi connectivity index (χ1) is 16.3. The number of hydrogen-bond donors (Lipinski definition) is 0. The van der Waals surface area contributed by atoms with E-state index in [0.29, 0.717) is 0 Å². The first-order valence-corrected chi connectivity index (χ1v) is 11.8. The van der Waals surface area contributed by atoms with Crippen molar-refractivity contribution in [3.8, 4) is 5.69 Å². The van der Waals surface area contributed by atoms with Crippen LogP contribution in [0, 0.1) is 6.92 Å². The van der Waals surface area contributed by atoms with Crippen molar-refractivity contribution in [1.29, 1.82) is 0 Å². The number of nitrogens with zero attached hydrogens (tertiary/aromatic N) is 1. The Morgan fingerprint density at radius 3 is 2.06 bits per heavy atom. The highest BCUT2D eigenvalue weighted by Gasteiger charge is 2.22. The molecule has 0 saturated carbocycles. The van der Waals surface area contributed by atoms with Gasteiger partial charge in [0, 0.05) is 16.8 Å². The summed E-state index contributed by atoms with van der Waals surface area (Å²) in [6, 6.07) is 37.2. The summed E-state index contributed by atoms with van der Waals surface area (Å²) in [7, 11) is 0. The average molecular weight is 426 g/mol. The van der Waals surface area contributed by atoms with Crippen LogP contribution in [0.1, 0.15) is 39.9 Å². The van der Waals surface area contributed by atoms with Crippen LogP contribution in [0.25, 0.3) is 28.2 Å². The molecule has 5 aromatic rings. The zero-order valence-electron chi connectivity index (χ0n) is 19.0. The van der Waals surface area contributed by atoms with E-state index in [1.165, 1.54) is 63.0 Å². The lowest BCUT2D eigenvalue weighted by Gasteiger charge is -2.12. The number of benzene rings is 4. The van der Waals surface area contributed by atoms with Crippen LogP contribution in [0.3, 0.4) is 0 Å². The summed E-state index contributed by atoms with van der Waals surface area (Å²) < 4.78 is 2.49. The van der Waals surface area contributed by atoms with Gasteiger partial charge in [-0.2, -0.15) is 0 Å². The van der Waals surface area contributed by atoms with E-state index in [4.69, 9.17) is 0 Å². The van der Waals surface area contributed by atoms with E-state index in [9.17, 15) is 0 Å². The molecule has 160 valence electrons. The van der Waals surface area contributed by atoms with Crippen LogP contribution >= 0.6 is 0 Å². The molecule has 0 bridgehead atoms. The molecule has 4 aromatic carbocycles. The Bertz CT molecular complexity index is 1410. The van der Waals surface area contributed by atoms with Gasteiger partial charge in [0.25, 0.3) is 0 Å². The molecular formula is C32H27N. The molecule has 6 rings (SSSR count). The second kappa shape index (κ2) is 8.26. The van der Waals surface area contributed by atoms with Gasteiger partial charge in [-0.05, 0) is 84.4 Å². The highest BCUT2D eigenvalue weighted by Crippen LogP contribution is 2.36. The third kappa shape index (κ3) is 3.60. The standard InChI is InChI=1S/C32H27N/c1-23-15-20-32-30(21-23)28-13-8-14-31(28)33(32)27-18-16-24(17-19-27)22-29(25-9-4-2-5-10-25)26-11-6-3-7-12-26/h2-7,9-12,15-22H,8,13-14H2,1H3. The molecule has 1 heterocycles. The van der Waals surface area contributed by atoms with Crippen LogP contribution in [0.5, 0.6) is 0 Å². The van der Waals surface area contributed by atoms with Crippen molar-refractivity contribution >= 4 is 22.6 Å². The molecule has 1 aliphatic rings. The van der Waals surface area contributed by atoms with Crippen molar-refractivity contribution in [3.05, 3.63) is 137 Å². The Balaban J connectivity index is 1.44. The third-order valence-corrected chi connectivity index (χ3v) is 6.81. The Hall–Kier alpha value is -3.84. The summed E-state index contributed by atoms with van der Waals surface area (Å²) in [5.74, 6) is 0. The fraction of sp³-hybridized carbons (Fsp3) is 0.125. The molecule has 0 N–H and O–H groups in total. The molecular weight excluding hydrogens is 398 g/mol. The first-order valence-electron chi connectivity index (χ1n) is 11.8. The summed E-state index contributed by atoms with van der Waals surface area (Å²) in [5, 5.41) is 1.43. The SMILES string of the molecule is Cc1ccc2c(c1)c1c(n2-c2ccc(C=C(c3ccccc3)c3ccccc3)cc2)CCC1. The second-order valence-electron chi connectivity index (χ2n) is 9.02. The lowest BCUT2D eigenvalue weighted by molar-refractivity contribution is 0.874. The van der Waals surface area contributed by atoms with Crippen LogP contribution in [0.2, 0.25) is 0 Å². The fourth-order valence-electron chi connectivity index (χ4n) is 5.25. The number of aromatic nitrogens is 1. The largest absolute Gasteiger partial charge is 0.313 e. The van der Waals surface area contributed by atoms with Crippen molar-refractivity contribution in [2.24, 2.45) is 0 Å². The van der Waals surface area contributed by atoms with Crippen molar-refractivity contribution in [2.45, 2.75) is 26.2 Å². The topological polar surface area (TPSA) is 4.93 Å². The molecule has 0 fully saturated rings. The second-order valence-corrected chi connectivity index (χ2v) is 9.02. The predicted octanol–water partition coefficient (Wildman–Crippen LogP) is 8.02. The van der Waals surface area contributed by atoms with Crippen LogP contribution in [-0.4, -0.2) is 4.57 Å². The van der Waals surface area contributed by atoms with Gasteiger partial charge in [0.05, 0.1) is 5.52 Å². The van der Waals surface area contributed by atoms with Gasteiger partial charge in [0.2, 0.25) is 0 Å². The third-order valence-electron chi connectivity index (χ3n) is 6.81. The molecule has 0 saturated heterocycles. The van der Waals surface area contributed by atoms with Gasteiger partial charge in [0.1, 0.15) is 0 Å². The van der Waals surface area contributed by atoms with Crippen LogP contribution in [-0.2, 0) is 12.8 Å². The maximum absolute atomic E-state index is 2.49. The molecule has 0 spiro atoms. The molecule has 0 aliphatic heterocycles. The molecule has 0 unspecified atom stereocenters. The Morgan fingerprint density at radius 2 is 1.39 bits per heavy atom. The maximum Gasteiger partial charge on any atom is 0.0534 e. The number of rotatable bonds is 4. The van der Waals surface area contributed by atoms with E-state index < -0.39 is 0 Å². The lowest BCUT2D eigenvalue weighted by Crippen LogP contribution is -1.98. The van der Waals surface area contributed by atoms with E-state index in [-0.39, 0.29) is 0 Å². The quantitative estimate of drug-likeness (QED) is 0.257. The lowest BCUT2D eigenvalue weighted by atomic mass is 9.96. The predicted molar refractivity (Wildman–Crippen MR) is 140 cm³/mol. The van der Waals surface area contributed by atoms with Crippen LogP contribution in [0.15, 0.2) is 103 Å². The molecule has 0 atom stereocenters. The molecule has 1 nitrogen and oxygen atoms in total. The minimum Gasteiger partial charge on any atom is -0.313 e. The Morgan fingerprint density at radius 1 is 0.727 bits per heavy atom. The van der Waals surface area contributed by atoms with Crippen molar-refractivity contribution in [1.82, 2.24) is 4.57 Å². The Kier molecular flexibility index (Phi) is 4.96. The molecule has 1 aromatic heterocycles. The monoisotopic (exact) mass is 425 g/mol. The van der Waals surface area contributed by atoms with Crippen molar-refractivity contribution < 1.29 is 0 Å². The average Bonchev–Trinajstić information content (AvgIpc) is 3.45. The highest BCUT2D eigenvalue weighted by atomic mass is 15.0. The van der Waals surface area contributed by atoms with E-state index in [0.717, 1.165) is 6.42 Å². The van der Waals surface area contributed by atoms with Gasteiger partial charge in [0.15, 0.2) is 0 Å². The van der Waals surface area contributed by atoms with Gasteiger partial charge in [-0.15, -0.1) is 0 Å². The number of aryl methyl sites for hydroxylation is 2. The first kappa shape index (κ1) is 19.8. The number of fused-ring (bicyclic) bond motifs is 3. The van der Waals surface area contributed by atoms with Gasteiger partial charge in [-0.1, -0.05) is 84.4 Å². The van der Waals surface area contributed by atoms with Gasteiger partial charge >= 0.3 is 0 Å².